The van der Waals surface area contributed by atoms with Crippen molar-refractivity contribution in [2.75, 3.05) is 0 Å². The predicted octanol–water partition coefficient (Wildman–Crippen LogP) is 7.19. The fourth-order valence-electron chi connectivity index (χ4n) is 3.45. The van der Waals surface area contributed by atoms with Crippen molar-refractivity contribution in [1.82, 2.24) is 0 Å². The predicted molar refractivity (Wildman–Crippen MR) is 114 cm³/mol. The summed E-state index contributed by atoms with van der Waals surface area (Å²) in [5.41, 5.74) is 2.52. The van der Waals surface area contributed by atoms with Crippen molar-refractivity contribution in [2.24, 2.45) is 5.92 Å². The summed E-state index contributed by atoms with van der Waals surface area (Å²) in [6.07, 6.45) is 18.5. The van der Waals surface area contributed by atoms with E-state index >= 15 is 0 Å². The molecule has 0 amide bonds. The van der Waals surface area contributed by atoms with E-state index in [9.17, 15) is 9.90 Å². The van der Waals surface area contributed by atoms with Gasteiger partial charge in [0.25, 0.3) is 0 Å². The molecule has 2 nitrogen and oxygen atoms in total. The summed E-state index contributed by atoms with van der Waals surface area (Å²) in [5.74, 6) is 2.45. The number of hydrogen-bond acceptors (Lipinski definition) is 2. The quantitative estimate of drug-likeness (QED) is 0.168. The lowest BCUT2D eigenvalue weighted by Crippen LogP contribution is -2.14. The lowest BCUT2D eigenvalue weighted by Gasteiger charge is -2.19. The van der Waals surface area contributed by atoms with Gasteiger partial charge in [0.05, 0.1) is 6.10 Å². The van der Waals surface area contributed by atoms with E-state index in [1.54, 1.807) is 6.08 Å². The number of unbranched alkanes of at least 4 members (excludes halogenated alkanes) is 10. The number of hydrogen-bond donors (Lipinski definition) is 1. The Balaban J connectivity index is 3.48. The van der Waals surface area contributed by atoms with Gasteiger partial charge in [0.15, 0.2) is 0 Å². The maximum Gasteiger partial charge on any atom is 0.120 e. The molecule has 2 atom stereocenters. The van der Waals surface area contributed by atoms with E-state index in [1.165, 1.54) is 75.4 Å². The number of aliphatic hydroxyl groups is 1. The van der Waals surface area contributed by atoms with E-state index in [1.807, 2.05) is 5.94 Å². The highest BCUT2D eigenvalue weighted by Gasteiger charge is 2.13. The van der Waals surface area contributed by atoms with Crippen molar-refractivity contribution in [3.05, 3.63) is 17.2 Å². The summed E-state index contributed by atoms with van der Waals surface area (Å²) < 4.78 is 0. The van der Waals surface area contributed by atoms with E-state index in [4.69, 9.17) is 0 Å². The standard InChI is InChI=1S/C24H44O2/c1-5-22(3)23(4)24(26)20-21(2)18-16-14-12-10-8-6-7-9-11-13-15-17-19-25/h17,21,24,26H,5-16,18,20H2,1-4H3. The fourth-order valence-corrected chi connectivity index (χ4v) is 3.45. The van der Waals surface area contributed by atoms with Gasteiger partial charge in [0, 0.05) is 0 Å². The molecule has 1 N–H and O–H groups in total. The number of aliphatic hydroxyl groups excluding tert-OH is 1. The molecule has 0 aromatic carbocycles. The third-order valence-electron chi connectivity index (χ3n) is 5.71. The molecule has 0 spiro atoms. The monoisotopic (exact) mass is 364 g/mol. The van der Waals surface area contributed by atoms with Crippen LogP contribution in [0.3, 0.4) is 0 Å². The zero-order valence-electron chi connectivity index (χ0n) is 18.0. The zero-order chi connectivity index (χ0) is 19.6. The van der Waals surface area contributed by atoms with E-state index in [0.29, 0.717) is 5.92 Å². The van der Waals surface area contributed by atoms with Crippen molar-refractivity contribution in [3.8, 4) is 0 Å². The summed E-state index contributed by atoms with van der Waals surface area (Å²) >= 11 is 0. The van der Waals surface area contributed by atoms with Crippen molar-refractivity contribution in [2.45, 2.75) is 124 Å². The summed E-state index contributed by atoms with van der Waals surface area (Å²) in [4.78, 5) is 10.0. The second-order valence-corrected chi connectivity index (χ2v) is 8.11. The Labute approximate surface area is 163 Å². The Kier molecular flexibility index (Phi) is 17.0. The Hall–Kier alpha value is -0.850. The minimum absolute atomic E-state index is 0.251. The van der Waals surface area contributed by atoms with Gasteiger partial charge in [-0.15, -0.1) is 0 Å². The van der Waals surface area contributed by atoms with E-state index in [2.05, 4.69) is 27.7 Å². The van der Waals surface area contributed by atoms with Gasteiger partial charge < -0.3 is 5.11 Å². The molecule has 0 aliphatic heterocycles. The van der Waals surface area contributed by atoms with E-state index in [-0.39, 0.29) is 6.10 Å². The molecular weight excluding hydrogens is 320 g/mol. The molecule has 2 unspecified atom stereocenters. The first-order valence-electron chi connectivity index (χ1n) is 11.1. The molecule has 0 aliphatic carbocycles. The van der Waals surface area contributed by atoms with Crippen LogP contribution in [0.1, 0.15) is 118 Å². The van der Waals surface area contributed by atoms with Crippen molar-refractivity contribution in [1.29, 1.82) is 0 Å². The van der Waals surface area contributed by atoms with Crippen LogP contribution >= 0.6 is 0 Å². The number of rotatable bonds is 17. The topological polar surface area (TPSA) is 37.3 Å². The highest BCUT2D eigenvalue weighted by atomic mass is 16.3. The van der Waals surface area contributed by atoms with Gasteiger partial charge in [-0.05, 0) is 57.1 Å². The smallest absolute Gasteiger partial charge is 0.120 e. The molecule has 0 aromatic rings. The summed E-state index contributed by atoms with van der Waals surface area (Å²) in [6, 6.07) is 0. The average molecular weight is 365 g/mol. The molecule has 0 aliphatic rings. The molecule has 0 aromatic heterocycles. The molecule has 2 heteroatoms. The fraction of sp³-hybridized carbons (Fsp3) is 0.833. The largest absolute Gasteiger partial charge is 0.389 e. The molecule has 0 saturated carbocycles. The lowest BCUT2D eigenvalue weighted by molar-refractivity contribution is 0.174. The van der Waals surface area contributed by atoms with Crippen molar-refractivity contribution < 1.29 is 9.90 Å². The van der Waals surface area contributed by atoms with Crippen LogP contribution in [0.2, 0.25) is 0 Å². The maximum atomic E-state index is 10.3. The van der Waals surface area contributed by atoms with Gasteiger partial charge in [-0.2, -0.15) is 0 Å². The van der Waals surface area contributed by atoms with Crippen LogP contribution in [0.5, 0.6) is 0 Å². The van der Waals surface area contributed by atoms with Crippen LogP contribution in [0.4, 0.5) is 0 Å². The zero-order valence-corrected chi connectivity index (χ0v) is 18.0. The molecule has 0 radical (unpaired) electrons. The Morgan fingerprint density at radius 3 is 1.92 bits per heavy atom. The lowest BCUT2D eigenvalue weighted by atomic mass is 9.92. The maximum absolute atomic E-state index is 10.3. The molecule has 0 bridgehead atoms. The van der Waals surface area contributed by atoms with Crippen molar-refractivity contribution in [3.63, 3.8) is 0 Å². The average Bonchev–Trinajstić information content (AvgIpc) is 2.64. The van der Waals surface area contributed by atoms with Gasteiger partial charge >= 0.3 is 0 Å². The summed E-state index contributed by atoms with van der Waals surface area (Å²) in [6.45, 7) is 8.65. The van der Waals surface area contributed by atoms with E-state index < -0.39 is 0 Å². The Bertz CT molecular complexity index is 404. The minimum Gasteiger partial charge on any atom is -0.389 e. The Morgan fingerprint density at radius 2 is 1.42 bits per heavy atom. The second-order valence-electron chi connectivity index (χ2n) is 8.11. The third-order valence-corrected chi connectivity index (χ3v) is 5.71. The molecular formula is C24H44O2. The van der Waals surface area contributed by atoms with E-state index in [0.717, 1.165) is 25.7 Å². The van der Waals surface area contributed by atoms with Crippen LogP contribution in [0.15, 0.2) is 17.2 Å². The van der Waals surface area contributed by atoms with Gasteiger partial charge in [-0.25, -0.2) is 4.79 Å². The summed E-state index contributed by atoms with van der Waals surface area (Å²) in [5, 5.41) is 10.3. The van der Waals surface area contributed by atoms with Crippen LogP contribution in [0, 0.1) is 5.92 Å². The van der Waals surface area contributed by atoms with Crippen LogP contribution < -0.4 is 0 Å². The van der Waals surface area contributed by atoms with Gasteiger partial charge in [-0.3, -0.25) is 0 Å². The molecule has 26 heavy (non-hydrogen) atoms. The first kappa shape index (κ1) is 25.1. The van der Waals surface area contributed by atoms with Gasteiger partial charge in [0.1, 0.15) is 5.94 Å². The molecule has 0 fully saturated rings. The normalized spacial score (nSPS) is 14.5. The second kappa shape index (κ2) is 17.6. The third kappa shape index (κ3) is 14.3. The minimum atomic E-state index is -0.251. The van der Waals surface area contributed by atoms with Gasteiger partial charge in [0.2, 0.25) is 0 Å². The first-order valence-corrected chi connectivity index (χ1v) is 11.1. The number of allylic oxidation sites excluding steroid dienone is 2. The first-order chi connectivity index (χ1) is 12.5. The van der Waals surface area contributed by atoms with Crippen molar-refractivity contribution >= 4 is 5.94 Å². The molecule has 0 heterocycles. The van der Waals surface area contributed by atoms with Crippen LogP contribution in [-0.2, 0) is 4.79 Å². The van der Waals surface area contributed by atoms with Crippen LogP contribution in [0.25, 0.3) is 0 Å². The van der Waals surface area contributed by atoms with Gasteiger partial charge in [-0.1, -0.05) is 83.6 Å². The highest BCUT2D eigenvalue weighted by Crippen LogP contribution is 2.21. The number of carbonyl (C=O) groups excluding carboxylic acids is 1. The molecule has 0 saturated heterocycles. The molecule has 152 valence electrons. The Morgan fingerprint density at radius 1 is 0.923 bits per heavy atom. The summed E-state index contributed by atoms with van der Waals surface area (Å²) in [7, 11) is 0. The van der Waals surface area contributed by atoms with Crippen LogP contribution in [-0.4, -0.2) is 17.2 Å². The SMILES string of the molecule is CCC(C)=C(C)C(O)CC(C)CCCCCCCCCCCCC=C=O. The highest BCUT2D eigenvalue weighted by molar-refractivity contribution is 5.44. The molecule has 0 rings (SSSR count).